The minimum Gasteiger partial charge on any atom is -0.0845 e. The molecule has 0 saturated heterocycles. The van der Waals surface area contributed by atoms with Gasteiger partial charge in [0.1, 0.15) is 0 Å². The van der Waals surface area contributed by atoms with Crippen molar-refractivity contribution < 1.29 is 0 Å². The summed E-state index contributed by atoms with van der Waals surface area (Å²) in [5, 5.41) is 0. The zero-order chi connectivity index (χ0) is 9.02. The summed E-state index contributed by atoms with van der Waals surface area (Å²) >= 11 is 0. The SMILES string of the molecule is CC=C(C)C(C)=C(C)C(C)C. The molecule has 0 N–H and O–H groups in total. The first-order chi connectivity index (χ1) is 5.00. The van der Waals surface area contributed by atoms with E-state index in [0.29, 0.717) is 5.92 Å². The molecule has 0 aliphatic heterocycles. The van der Waals surface area contributed by atoms with Crippen LogP contribution in [-0.4, -0.2) is 0 Å². The van der Waals surface area contributed by atoms with E-state index in [1.807, 2.05) is 0 Å². The Morgan fingerprint density at radius 2 is 1.55 bits per heavy atom. The van der Waals surface area contributed by atoms with Crippen LogP contribution < -0.4 is 0 Å². The molecule has 0 nitrogen and oxygen atoms in total. The summed E-state index contributed by atoms with van der Waals surface area (Å²) in [6, 6.07) is 0. The minimum atomic E-state index is 0.671. The van der Waals surface area contributed by atoms with E-state index in [1.54, 1.807) is 0 Å². The molecule has 0 aliphatic rings. The van der Waals surface area contributed by atoms with Crippen LogP contribution >= 0.6 is 0 Å². The van der Waals surface area contributed by atoms with E-state index in [0.717, 1.165) is 0 Å². The molecular formula is C11H20. The predicted octanol–water partition coefficient (Wildman–Crippen LogP) is 3.95. The fourth-order valence-corrected chi connectivity index (χ4v) is 0.961. The zero-order valence-corrected chi connectivity index (χ0v) is 8.65. The lowest BCUT2D eigenvalue weighted by molar-refractivity contribution is 0.758. The molecule has 0 aromatic carbocycles. The van der Waals surface area contributed by atoms with Gasteiger partial charge in [-0.2, -0.15) is 0 Å². The maximum Gasteiger partial charge on any atom is -0.0257 e. The van der Waals surface area contributed by atoms with Crippen LogP contribution in [0.3, 0.4) is 0 Å². The maximum absolute atomic E-state index is 2.24. The fraction of sp³-hybridized carbons (Fsp3) is 0.636. The van der Waals surface area contributed by atoms with Gasteiger partial charge in [-0.25, -0.2) is 0 Å². The molecule has 11 heavy (non-hydrogen) atoms. The third-order valence-corrected chi connectivity index (χ3v) is 2.48. The second-order valence-electron chi connectivity index (χ2n) is 3.43. The lowest BCUT2D eigenvalue weighted by atomic mass is 9.96. The van der Waals surface area contributed by atoms with Crippen molar-refractivity contribution >= 4 is 0 Å². The van der Waals surface area contributed by atoms with E-state index in [9.17, 15) is 0 Å². The second kappa shape index (κ2) is 4.38. The van der Waals surface area contributed by atoms with Gasteiger partial charge in [0.15, 0.2) is 0 Å². The van der Waals surface area contributed by atoms with Gasteiger partial charge in [-0.3, -0.25) is 0 Å². The molecule has 0 aromatic rings. The molecule has 0 heterocycles. The molecule has 0 aliphatic carbocycles. The molecule has 0 spiro atoms. The van der Waals surface area contributed by atoms with E-state index >= 15 is 0 Å². The van der Waals surface area contributed by atoms with Crippen LogP contribution in [-0.2, 0) is 0 Å². The van der Waals surface area contributed by atoms with E-state index < -0.39 is 0 Å². The largest absolute Gasteiger partial charge is 0.0845 e. The van der Waals surface area contributed by atoms with Gasteiger partial charge in [-0.15, -0.1) is 0 Å². The summed E-state index contributed by atoms with van der Waals surface area (Å²) in [5.41, 5.74) is 4.35. The van der Waals surface area contributed by atoms with Crippen molar-refractivity contribution in [1.29, 1.82) is 0 Å². The Hall–Kier alpha value is -0.520. The Morgan fingerprint density at radius 3 is 1.82 bits per heavy atom. The average molecular weight is 152 g/mol. The van der Waals surface area contributed by atoms with Crippen LogP contribution in [0.15, 0.2) is 22.8 Å². The highest BCUT2D eigenvalue weighted by atomic mass is 14.1. The zero-order valence-electron chi connectivity index (χ0n) is 8.65. The van der Waals surface area contributed by atoms with Crippen molar-refractivity contribution in [3.8, 4) is 0 Å². The van der Waals surface area contributed by atoms with Crippen LogP contribution in [0.25, 0.3) is 0 Å². The first-order valence-corrected chi connectivity index (χ1v) is 4.31. The van der Waals surface area contributed by atoms with Crippen LogP contribution in [0.4, 0.5) is 0 Å². The standard InChI is InChI=1S/C11H20/c1-7-9(4)11(6)10(5)8(2)3/h7-8H,1-6H3. The summed E-state index contributed by atoms with van der Waals surface area (Å²) < 4.78 is 0. The lowest BCUT2D eigenvalue weighted by Gasteiger charge is -2.11. The summed E-state index contributed by atoms with van der Waals surface area (Å²) in [7, 11) is 0. The number of allylic oxidation sites excluding steroid dienone is 4. The highest BCUT2D eigenvalue weighted by Gasteiger charge is 2.01. The number of hydrogen-bond acceptors (Lipinski definition) is 0. The van der Waals surface area contributed by atoms with Gasteiger partial charge < -0.3 is 0 Å². The summed E-state index contributed by atoms with van der Waals surface area (Å²) in [6.07, 6.45) is 2.17. The van der Waals surface area contributed by atoms with Gasteiger partial charge in [0.05, 0.1) is 0 Å². The maximum atomic E-state index is 2.24. The molecule has 0 rings (SSSR count). The topological polar surface area (TPSA) is 0 Å². The van der Waals surface area contributed by atoms with Gasteiger partial charge >= 0.3 is 0 Å². The molecule has 0 amide bonds. The molecule has 0 atom stereocenters. The monoisotopic (exact) mass is 152 g/mol. The van der Waals surface area contributed by atoms with E-state index in [2.05, 4.69) is 47.6 Å². The smallest absolute Gasteiger partial charge is 0.0257 e. The Bertz CT molecular complexity index is 180. The van der Waals surface area contributed by atoms with Gasteiger partial charge in [-0.1, -0.05) is 31.1 Å². The van der Waals surface area contributed by atoms with Crippen LogP contribution in [0.1, 0.15) is 41.5 Å². The molecule has 0 bridgehead atoms. The van der Waals surface area contributed by atoms with Crippen molar-refractivity contribution in [1.82, 2.24) is 0 Å². The molecular weight excluding hydrogens is 132 g/mol. The first-order valence-electron chi connectivity index (χ1n) is 4.31. The van der Waals surface area contributed by atoms with Crippen molar-refractivity contribution in [3.63, 3.8) is 0 Å². The summed E-state index contributed by atoms with van der Waals surface area (Å²) in [4.78, 5) is 0. The fourth-order valence-electron chi connectivity index (χ4n) is 0.961. The second-order valence-corrected chi connectivity index (χ2v) is 3.43. The first kappa shape index (κ1) is 10.5. The molecule has 64 valence electrons. The molecule has 0 aromatic heterocycles. The third kappa shape index (κ3) is 2.92. The third-order valence-electron chi connectivity index (χ3n) is 2.48. The van der Waals surface area contributed by atoms with E-state index in [4.69, 9.17) is 0 Å². The van der Waals surface area contributed by atoms with Crippen molar-refractivity contribution in [2.75, 3.05) is 0 Å². The minimum absolute atomic E-state index is 0.671. The van der Waals surface area contributed by atoms with Crippen molar-refractivity contribution in [2.24, 2.45) is 5.92 Å². The summed E-state index contributed by atoms with van der Waals surface area (Å²) in [5.74, 6) is 0.671. The summed E-state index contributed by atoms with van der Waals surface area (Å²) in [6.45, 7) is 13.1. The molecule has 0 fully saturated rings. The lowest BCUT2D eigenvalue weighted by Crippen LogP contribution is -1.94. The highest BCUT2D eigenvalue weighted by Crippen LogP contribution is 2.19. The van der Waals surface area contributed by atoms with E-state index in [-0.39, 0.29) is 0 Å². The van der Waals surface area contributed by atoms with Gasteiger partial charge in [0.2, 0.25) is 0 Å². The normalized spacial score (nSPS) is 15.4. The van der Waals surface area contributed by atoms with Crippen LogP contribution in [0, 0.1) is 5.92 Å². The van der Waals surface area contributed by atoms with Crippen molar-refractivity contribution in [3.05, 3.63) is 22.8 Å². The Labute approximate surface area is 71.0 Å². The molecule has 0 saturated carbocycles. The van der Waals surface area contributed by atoms with Crippen molar-refractivity contribution in [2.45, 2.75) is 41.5 Å². The quantitative estimate of drug-likeness (QED) is 0.526. The van der Waals surface area contributed by atoms with Gasteiger partial charge in [0.25, 0.3) is 0 Å². The molecule has 0 heteroatoms. The highest BCUT2D eigenvalue weighted by molar-refractivity contribution is 5.31. The molecule has 0 unspecified atom stereocenters. The van der Waals surface area contributed by atoms with Gasteiger partial charge in [-0.05, 0) is 39.2 Å². The van der Waals surface area contributed by atoms with Gasteiger partial charge in [0, 0.05) is 0 Å². The number of hydrogen-bond donors (Lipinski definition) is 0. The number of rotatable bonds is 2. The Balaban J connectivity index is 4.67. The van der Waals surface area contributed by atoms with Crippen LogP contribution in [0.2, 0.25) is 0 Å². The Kier molecular flexibility index (Phi) is 4.17. The average Bonchev–Trinajstić information content (AvgIpc) is 2.00. The van der Waals surface area contributed by atoms with E-state index in [1.165, 1.54) is 16.7 Å². The Morgan fingerprint density at radius 1 is 1.09 bits per heavy atom. The van der Waals surface area contributed by atoms with Crippen LogP contribution in [0.5, 0.6) is 0 Å². The molecule has 0 radical (unpaired) electrons. The predicted molar refractivity (Wildman–Crippen MR) is 52.6 cm³/mol.